The van der Waals surface area contributed by atoms with Gasteiger partial charge in [0.1, 0.15) is 19.0 Å². The number of piperidine rings is 1. The SMILES string of the molecule is COc1ccc2ncc(F)c(CCN3CCC(NCc4cnc5c(c4)OCCO5)C(O)C3)c2n1.Cl.Cl. The van der Waals surface area contributed by atoms with Crippen molar-refractivity contribution >= 4 is 35.8 Å². The number of hydrogen-bond donors (Lipinski definition) is 2. The molecule has 12 heteroatoms. The summed E-state index contributed by atoms with van der Waals surface area (Å²) in [4.78, 5) is 15.0. The molecule has 9 nitrogen and oxygen atoms in total. The minimum Gasteiger partial charge on any atom is -0.484 e. The van der Waals surface area contributed by atoms with Gasteiger partial charge in [0, 0.05) is 43.5 Å². The fourth-order valence-electron chi connectivity index (χ4n) is 4.46. The van der Waals surface area contributed by atoms with E-state index in [9.17, 15) is 9.50 Å². The lowest BCUT2D eigenvalue weighted by molar-refractivity contribution is 0.0403. The number of aromatic nitrogens is 3. The van der Waals surface area contributed by atoms with Gasteiger partial charge < -0.3 is 29.5 Å². The number of nitrogens with one attached hydrogen (secondary N) is 1. The van der Waals surface area contributed by atoms with Crippen LogP contribution in [-0.4, -0.2) is 77.1 Å². The number of nitrogens with zero attached hydrogens (tertiary/aromatic N) is 4. The summed E-state index contributed by atoms with van der Waals surface area (Å²) in [6.45, 7) is 3.54. The maximum Gasteiger partial charge on any atom is 0.257 e. The lowest BCUT2D eigenvalue weighted by Gasteiger charge is -2.36. The highest BCUT2D eigenvalue weighted by Crippen LogP contribution is 2.28. The van der Waals surface area contributed by atoms with Crippen molar-refractivity contribution in [3.8, 4) is 17.5 Å². The summed E-state index contributed by atoms with van der Waals surface area (Å²) in [6.07, 6.45) is 3.72. The van der Waals surface area contributed by atoms with Crippen LogP contribution in [0.3, 0.4) is 0 Å². The van der Waals surface area contributed by atoms with Crippen molar-refractivity contribution < 1.29 is 23.7 Å². The number of aliphatic hydroxyl groups is 1. The number of halogens is 3. The van der Waals surface area contributed by atoms with Crippen LogP contribution in [0, 0.1) is 5.82 Å². The van der Waals surface area contributed by atoms with Gasteiger partial charge in [-0.2, -0.15) is 0 Å². The predicted octanol–water partition coefficient (Wildman–Crippen LogP) is 2.55. The summed E-state index contributed by atoms with van der Waals surface area (Å²) >= 11 is 0. The largest absolute Gasteiger partial charge is 0.484 e. The molecule has 196 valence electrons. The van der Waals surface area contributed by atoms with Crippen LogP contribution in [0.4, 0.5) is 4.39 Å². The van der Waals surface area contributed by atoms with Gasteiger partial charge in [-0.3, -0.25) is 4.98 Å². The van der Waals surface area contributed by atoms with Gasteiger partial charge in [0.05, 0.1) is 30.4 Å². The second-order valence-electron chi connectivity index (χ2n) is 8.54. The Balaban J connectivity index is 0.00000180. The summed E-state index contributed by atoms with van der Waals surface area (Å²) in [5.74, 6) is 1.23. The highest BCUT2D eigenvalue weighted by atomic mass is 35.5. The molecule has 0 bridgehead atoms. The van der Waals surface area contributed by atoms with E-state index in [1.807, 2.05) is 6.07 Å². The standard InChI is InChI=1S/C24H28FN5O4.2ClH/c1-32-22-3-2-19-23(29-22)16(17(25)13-27-19)4-6-30-7-5-18(20(31)14-30)26-11-15-10-21-24(28-12-15)34-9-8-33-21;;/h2-3,10,12-13,18,20,26,31H,4-9,11,14H2,1H3;2*1H. The van der Waals surface area contributed by atoms with Gasteiger partial charge in [0.2, 0.25) is 5.88 Å². The molecule has 2 aliphatic heterocycles. The van der Waals surface area contributed by atoms with Gasteiger partial charge in [-0.1, -0.05) is 0 Å². The topological polar surface area (TPSA) is 102 Å². The van der Waals surface area contributed by atoms with Crippen LogP contribution in [-0.2, 0) is 13.0 Å². The number of likely N-dealkylation sites (tertiary alicyclic amines) is 1. The molecule has 0 saturated carbocycles. The molecule has 2 unspecified atom stereocenters. The summed E-state index contributed by atoms with van der Waals surface area (Å²) in [6, 6.07) is 5.38. The maximum atomic E-state index is 14.6. The van der Waals surface area contributed by atoms with E-state index < -0.39 is 6.10 Å². The number of ether oxygens (including phenoxy) is 3. The number of aliphatic hydroxyl groups excluding tert-OH is 1. The van der Waals surface area contributed by atoms with E-state index in [0.717, 1.165) is 18.5 Å². The Morgan fingerprint density at radius 3 is 2.83 bits per heavy atom. The minimum atomic E-state index is -0.531. The fourth-order valence-corrected chi connectivity index (χ4v) is 4.46. The van der Waals surface area contributed by atoms with Crippen LogP contribution >= 0.6 is 24.8 Å². The van der Waals surface area contributed by atoms with E-state index >= 15 is 0 Å². The Labute approximate surface area is 221 Å². The molecule has 0 spiro atoms. The van der Waals surface area contributed by atoms with Crippen molar-refractivity contribution in [2.24, 2.45) is 0 Å². The zero-order chi connectivity index (χ0) is 23.5. The molecule has 0 aromatic carbocycles. The van der Waals surface area contributed by atoms with E-state index in [0.29, 0.717) is 73.4 Å². The van der Waals surface area contributed by atoms with Crippen molar-refractivity contribution in [1.29, 1.82) is 0 Å². The van der Waals surface area contributed by atoms with Gasteiger partial charge in [0.15, 0.2) is 5.75 Å². The molecule has 2 atom stereocenters. The second kappa shape index (κ2) is 12.6. The summed E-state index contributed by atoms with van der Waals surface area (Å²) in [5.41, 5.74) is 2.64. The monoisotopic (exact) mass is 541 g/mol. The number of methoxy groups -OCH3 is 1. The van der Waals surface area contributed by atoms with Gasteiger partial charge in [0.25, 0.3) is 5.88 Å². The average molecular weight is 542 g/mol. The Morgan fingerprint density at radius 2 is 2.03 bits per heavy atom. The third-order valence-electron chi connectivity index (χ3n) is 6.32. The molecule has 3 aromatic heterocycles. The third-order valence-corrected chi connectivity index (χ3v) is 6.32. The molecule has 2 N–H and O–H groups in total. The Kier molecular flexibility index (Phi) is 9.86. The lowest BCUT2D eigenvalue weighted by Crippen LogP contribution is -2.52. The number of pyridine rings is 3. The molecule has 0 radical (unpaired) electrons. The minimum absolute atomic E-state index is 0. The number of hydrogen-bond acceptors (Lipinski definition) is 9. The van der Waals surface area contributed by atoms with Crippen LogP contribution in [0.15, 0.2) is 30.6 Å². The lowest BCUT2D eigenvalue weighted by atomic mass is 10.0. The van der Waals surface area contributed by atoms with Crippen LogP contribution in [0.1, 0.15) is 17.5 Å². The third kappa shape index (κ3) is 6.24. The maximum absolute atomic E-state index is 14.6. The first-order chi connectivity index (χ1) is 16.6. The van der Waals surface area contributed by atoms with E-state index in [1.54, 1.807) is 18.3 Å². The molecular weight excluding hydrogens is 512 g/mol. The van der Waals surface area contributed by atoms with Crippen LogP contribution in [0.2, 0.25) is 0 Å². The molecule has 0 aliphatic carbocycles. The van der Waals surface area contributed by atoms with Crippen molar-refractivity contribution in [2.75, 3.05) is 40.0 Å². The molecule has 2 aliphatic rings. The molecule has 1 saturated heterocycles. The molecule has 1 fully saturated rings. The van der Waals surface area contributed by atoms with E-state index in [1.165, 1.54) is 13.3 Å². The summed E-state index contributed by atoms with van der Waals surface area (Å²) in [5, 5.41) is 14.2. The average Bonchev–Trinajstić information content (AvgIpc) is 2.87. The van der Waals surface area contributed by atoms with Gasteiger partial charge in [-0.15, -0.1) is 24.8 Å². The predicted molar refractivity (Wildman–Crippen MR) is 137 cm³/mol. The van der Waals surface area contributed by atoms with E-state index in [-0.39, 0.29) is 36.7 Å². The quantitative estimate of drug-likeness (QED) is 0.467. The Morgan fingerprint density at radius 1 is 1.19 bits per heavy atom. The molecular formula is C24H30Cl2FN5O4. The fraction of sp³-hybridized carbons (Fsp3) is 0.458. The van der Waals surface area contributed by atoms with Gasteiger partial charge >= 0.3 is 0 Å². The van der Waals surface area contributed by atoms with Crippen molar-refractivity contribution in [3.05, 3.63) is 47.5 Å². The second-order valence-corrected chi connectivity index (χ2v) is 8.54. The van der Waals surface area contributed by atoms with E-state index in [4.69, 9.17) is 14.2 Å². The van der Waals surface area contributed by atoms with Crippen LogP contribution in [0.25, 0.3) is 11.0 Å². The van der Waals surface area contributed by atoms with Crippen molar-refractivity contribution in [2.45, 2.75) is 31.5 Å². The molecule has 36 heavy (non-hydrogen) atoms. The highest BCUT2D eigenvalue weighted by Gasteiger charge is 2.27. The molecule has 0 amide bonds. The zero-order valence-corrected chi connectivity index (χ0v) is 21.5. The number of fused-ring (bicyclic) bond motifs is 2. The van der Waals surface area contributed by atoms with Crippen LogP contribution < -0.4 is 19.5 Å². The van der Waals surface area contributed by atoms with Crippen molar-refractivity contribution in [3.63, 3.8) is 0 Å². The molecule has 5 rings (SSSR count). The normalized spacial score (nSPS) is 19.3. The van der Waals surface area contributed by atoms with Crippen molar-refractivity contribution in [1.82, 2.24) is 25.2 Å². The Hall–Kier alpha value is -2.50. The first kappa shape index (κ1) is 28.1. The number of rotatable bonds is 7. The van der Waals surface area contributed by atoms with E-state index in [2.05, 4.69) is 25.2 Å². The van der Waals surface area contributed by atoms with Gasteiger partial charge in [-0.25, -0.2) is 14.4 Å². The highest BCUT2D eigenvalue weighted by molar-refractivity contribution is 5.85. The summed E-state index contributed by atoms with van der Waals surface area (Å²) in [7, 11) is 1.53. The zero-order valence-electron chi connectivity index (χ0n) is 19.9. The first-order valence-electron chi connectivity index (χ1n) is 11.5. The van der Waals surface area contributed by atoms with Crippen LogP contribution in [0.5, 0.6) is 17.5 Å². The Bertz CT molecular complexity index is 1170. The summed E-state index contributed by atoms with van der Waals surface area (Å²) < 4.78 is 30.8. The smallest absolute Gasteiger partial charge is 0.257 e. The first-order valence-corrected chi connectivity index (χ1v) is 11.5. The molecule has 3 aromatic rings. The number of β-amino-alcohol motifs (C(OH)–C–C–N with tert-alkyl or cyclic N) is 1. The van der Waals surface area contributed by atoms with Gasteiger partial charge in [-0.05, 0) is 37.1 Å². The molecule has 5 heterocycles.